The first-order valence-electron chi connectivity index (χ1n) is 10.8. The molecule has 2 unspecified atom stereocenters. The zero-order valence-corrected chi connectivity index (χ0v) is 20.3. The molecule has 1 fully saturated rings. The van der Waals surface area contributed by atoms with Crippen LogP contribution in [-0.4, -0.2) is 53.3 Å². The van der Waals surface area contributed by atoms with Crippen LogP contribution in [0.2, 0.25) is 15.1 Å². The second kappa shape index (κ2) is 11.4. The molecule has 172 valence electrons. The number of benzene rings is 2. The fourth-order valence-electron chi connectivity index (χ4n) is 4.01. The van der Waals surface area contributed by atoms with E-state index in [2.05, 4.69) is 0 Å². The van der Waals surface area contributed by atoms with E-state index in [-0.39, 0.29) is 11.8 Å². The quantitative estimate of drug-likeness (QED) is 0.581. The van der Waals surface area contributed by atoms with Gasteiger partial charge in [0.2, 0.25) is 11.8 Å². The third kappa shape index (κ3) is 6.16. The van der Waals surface area contributed by atoms with Crippen molar-refractivity contribution in [2.75, 3.05) is 19.6 Å². The Labute approximate surface area is 204 Å². The monoisotopic (exact) mass is 495 g/mol. The number of nitrogens with zero attached hydrogens (tertiary/aromatic N) is 2. The molecule has 5 nitrogen and oxygen atoms in total. The van der Waals surface area contributed by atoms with Gasteiger partial charge in [0.25, 0.3) is 0 Å². The summed E-state index contributed by atoms with van der Waals surface area (Å²) >= 11 is 18.0. The fourth-order valence-corrected chi connectivity index (χ4v) is 4.46. The molecule has 0 saturated carbocycles. The first kappa shape index (κ1) is 24.8. The highest BCUT2D eigenvalue weighted by molar-refractivity contribution is 6.42. The lowest BCUT2D eigenvalue weighted by molar-refractivity contribution is -0.152. The Morgan fingerprint density at radius 1 is 1.06 bits per heavy atom. The molecule has 2 N–H and O–H groups in total. The maximum absolute atomic E-state index is 13.2. The molecule has 0 spiro atoms. The second-order valence-corrected chi connectivity index (χ2v) is 9.35. The van der Waals surface area contributed by atoms with Crippen molar-refractivity contribution in [3.63, 3.8) is 0 Å². The van der Waals surface area contributed by atoms with Gasteiger partial charge >= 0.3 is 0 Å². The van der Waals surface area contributed by atoms with E-state index in [9.17, 15) is 9.59 Å². The van der Waals surface area contributed by atoms with E-state index >= 15 is 0 Å². The highest BCUT2D eigenvalue weighted by atomic mass is 35.5. The van der Waals surface area contributed by atoms with Crippen LogP contribution in [0.1, 0.15) is 30.9 Å². The molecule has 2 atom stereocenters. The highest BCUT2D eigenvalue weighted by Crippen LogP contribution is 2.24. The fraction of sp³-hybridized carbons (Fsp3) is 0.417. The number of piperazine rings is 1. The third-order valence-corrected chi connectivity index (χ3v) is 6.76. The summed E-state index contributed by atoms with van der Waals surface area (Å²) in [6.07, 6.45) is 2.49. The Morgan fingerprint density at radius 3 is 2.41 bits per heavy atom. The van der Waals surface area contributed by atoms with Crippen LogP contribution in [0.3, 0.4) is 0 Å². The summed E-state index contributed by atoms with van der Waals surface area (Å²) in [5, 5.41) is 1.65. The van der Waals surface area contributed by atoms with Gasteiger partial charge in [0, 0.05) is 24.7 Å². The lowest BCUT2D eigenvalue weighted by Gasteiger charge is -2.41. The van der Waals surface area contributed by atoms with Crippen LogP contribution >= 0.6 is 34.8 Å². The van der Waals surface area contributed by atoms with Gasteiger partial charge in [-0.1, -0.05) is 66.3 Å². The minimum atomic E-state index is -0.703. The van der Waals surface area contributed by atoms with Gasteiger partial charge in [-0.15, -0.1) is 0 Å². The van der Waals surface area contributed by atoms with Crippen LogP contribution in [0.5, 0.6) is 0 Å². The minimum Gasteiger partial charge on any atom is -0.339 e. The van der Waals surface area contributed by atoms with Crippen molar-refractivity contribution in [2.45, 2.75) is 44.7 Å². The molecular formula is C24H28Cl3N3O2. The second-order valence-electron chi connectivity index (χ2n) is 8.10. The van der Waals surface area contributed by atoms with Crippen molar-refractivity contribution in [3.05, 3.63) is 68.7 Å². The zero-order valence-electron chi connectivity index (χ0n) is 18.1. The van der Waals surface area contributed by atoms with E-state index in [1.807, 2.05) is 36.1 Å². The van der Waals surface area contributed by atoms with Gasteiger partial charge in [0.15, 0.2) is 0 Å². The predicted molar refractivity (Wildman–Crippen MR) is 130 cm³/mol. The van der Waals surface area contributed by atoms with Gasteiger partial charge in [-0.25, -0.2) is 0 Å². The topological polar surface area (TPSA) is 66.6 Å². The summed E-state index contributed by atoms with van der Waals surface area (Å²) in [5.74, 6) is -0.207. The predicted octanol–water partition coefficient (Wildman–Crippen LogP) is 4.60. The standard InChI is InChI=1S/C24H28Cl3N3O2/c1-2-3-22-24(32)29(11-10-17-6-9-19(26)20(27)14-17)12-13-30(22)23(31)21(28)15-16-4-7-18(25)8-5-16/h4-9,14,21-22H,2-3,10-13,15,28H2,1H3. The highest BCUT2D eigenvalue weighted by Gasteiger charge is 2.38. The average Bonchev–Trinajstić information content (AvgIpc) is 2.77. The Morgan fingerprint density at radius 2 is 1.75 bits per heavy atom. The Kier molecular flexibility index (Phi) is 8.83. The molecule has 2 aromatic carbocycles. The number of carbonyl (C=O) groups is 2. The van der Waals surface area contributed by atoms with Crippen molar-refractivity contribution in [2.24, 2.45) is 5.73 Å². The number of carbonyl (C=O) groups excluding carboxylic acids is 2. The van der Waals surface area contributed by atoms with Crippen LogP contribution in [0.15, 0.2) is 42.5 Å². The minimum absolute atomic E-state index is 0.0230. The number of rotatable bonds is 8. The van der Waals surface area contributed by atoms with E-state index in [0.29, 0.717) is 54.0 Å². The molecule has 1 saturated heterocycles. The number of hydrogen-bond donors (Lipinski definition) is 1. The first-order chi connectivity index (χ1) is 15.3. The Bertz CT molecular complexity index is 952. The first-order valence-corrected chi connectivity index (χ1v) is 12.0. The van der Waals surface area contributed by atoms with E-state index in [4.69, 9.17) is 40.5 Å². The number of amides is 2. The maximum atomic E-state index is 13.2. The summed E-state index contributed by atoms with van der Waals surface area (Å²) in [6, 6.07) is 11.6. The Hall–Kier alpha value is -1.79. The van der Waals surface area contributed by atoms with Crippen LogP contribution in [-0.2, 0) is 22.4 Å². The van der Waals surface area contributed by atoms with Crippen LogP contribution in [0.25, 0.3) is 0 Å². The Balaban J connectivity index is 1.64. The van der Waals surface area contributed by atoms with Gasteiger partial charge in [0.05, 0.1) is 16.1 Å². The number of halogens is 3. The summed E-state index contributed by atoms with van der Waals surface area (Å²) in [7, 11) is 0. The molecule has 1 aliphatic heterocycles. The zero-order chi connectivity index (χ0) is 23.3. The van der Waals surface area contributed by atoms with Crippen molar-refractivity contribution in [1.82, 2.24) is 9.80 Å². The SMILES string of the molecule is CCCC1C(=O)N(CCc2ccc(Cl)c(Cl)c2)CCN1C(=O)C(N)Cc1ccc(Cl)cc1. The largest absolute Gasteiger partial charge is 0.339 e. The molecule has 2 amide bonds. The number of hydrogen-bond acceptors (Lipinski definition) is 3. The van der Waals surface area contributed by atoms with E-state index in [1.165, 1.54) is 0 Å². The summed E-state index contributed by atoms with van der Waals surface area (Å²) in [5.41, 5.74) is 8.20. The van der Waals surface area contributed by atoms with Crippen molar-refractivity contribution >= 4 is 46.6 Å². The normalized spacial score (nSPS) is 17.5. The molecule has 0 aromatic heterocycles. The van der Waals surface area contributed by atoms with E-state index in [0.717, 1.165) is 17.5 Å². The molecule has 0 aliphatic carbocycles. The maximum Gasteiger partial charge on any atom is 0.245 e. The van der Waals surface area contributed by atoms with Crippen LogP contribution in [0, 0.1) is 0 Å². The third-order valence-electron chi connectivity index (χ3n) is 5.77. The molecule has 2 aromatic rings. The number of nitrogens with two attached hydrogens (primary N) is 1. The van der Waals surface area contributed by atoms with E-state index < -0.39 is 12.1 Å². The van der Waals surface area contributed by atoms with Gasteiger partial charge in [-0.2, -0.15) is 0 Å². The molecule has 3 rings (SSSR count). The molecule has 8 heteroatoms. The molecule has 0 bridgehead atoms. The van der Waals surface area contributed by atoms with Gasteiger partial charge < -0.3 is 15.5 Å². The molecule has 1 aliphatic rings. The lowest BCUT2D eigenvalue weighted by Crippen LogP contribution is -2.61. The summed E-state index contributed by atoms with van der Waals surface area (Å²) in [4.78, 5) is 29.9. The van der Waals surface area contributed by atoms with Crippen LogP contribution < -0.4 is 5.73 Å². The average molecular weight is 497 g/mol. The molecule has 32 heavy (non-hydrogen) atoms. The molecular weight excluding hydrogens is 469 g/mol. The summed E-state index contributed by atoms with van der Waals surface area (Å²) in [6.45, 7) is 3.54. The van der Waals surface area contributed by atoms with Crippen molar-refractivity contribution < 1.29 is 9.59 Å². The molecule has 0 radical (unpaired) electrons. The summed E-state index contributed by atoms with van der Waals surface area (Å²) < 4.78 is 0. The smallest absolute Gasteiger partial charge is 0.245 e. The van der Waals surface area contributed by atoms with Gasteiger partial charge in [-0.05, 0) is 54.7 Å². The molecule has 1 heterocycles. The lowest BCUT2D eigenvalue weighted by atomic mass is 10.0. The van der Waals surface area contributed by atoms with Gasteiger partial charge in [-0.3, -0.25) is 9.59 Å². The van der Waals surface area contributed by atoms with E-state index in [1.54, 1.807) is 23.1 Å². The van der Waals surface area contributed by atoms with Gasteiger partial charge in [0.1, 0.15) is 6.04 Å². The van der Waals surface area contributed by atoms with Crippen LogP contribution in [0.4, 0.5) is 0 Å². The van der Waals surface area contributed by atoms with Crippen molar-refractivity contribution in [3.8, 4) is 0 Å². The van der Waals surface area contributed by atoms with Crippen molar-refractivity contribution in [1.29, 1.82) is 0 Å².